The van der Waals surface area contributed by atoms with E-state index in [0.29, 0.717) is 21.4 Å². The fourth-order valence-electron chi connectivity index (χ4n) is 2.28. The lowest BCUT2D eigenvalue weighted by atomic mass is 10.2. The minimum atomic E-state index is -0.541. The van der Waals surface area contributed by atoms with Crippen molar-refractivity contribution in [3.8, 4) is 0 Å². The Labute approximate surface area is 159 Å². The van der Waals surface area contributed by atoms with Crippen molar-refractivity contribution in [3.05, 3.63) is 74.5 Å². The van der Waals surface area contributed by atoms with E-state index in [1.807, 2.05) is 6.92 Å². The van der Waals surface area contributed by atoms with Crippen molar-refractivity contribution in [2.45, 2.75) is 6.92 Å². The van der Waals surface area contributed by atoms with Crippen LogP contribution in [0.15, 0.2) is 48.8 Å². The van der Waals surface area contributed by atoms with Gasteiger partial charge in [-0.05, 0) is 48.9 Å². The molecule has 0 saturated heterocycles. The normalized spacial score (nSPS) is 10.4. The largest absolute Gasteiger partial charge is 0.353 e. The summed E-state index contributed by atoms with van der Waals surface area (Å²) in [6, 6.07) is 12.0. The predicted molar refractivity (Wildman–Crippen MR) is 103 cm³/mol. The Morgan fingerprint density at radius 2 is 1.65 bits per heavy atom. The highest BCUT2D eigenvalue weighted by Gasteiger charge is 2.23. The Kier molecular flexibility index (Phi) is 5.20. The van der Waals surface area contributed by atoms with Crippen LogP contribution in [0.5, 0.6) is 0 Å². The lowest BCUT2D eigenvalue weighted by molar-refractivity contribution is -0.383. The minimum absolute atomic E-state index is 0.0619. The number of hydrogen-bond acceptors (Lipinski definition) is 6. The van der Waals surface area contributed by atoms with E-state index in [9.17, 15) is 10.1 Å². The van der Waals surface area contributed by atoms with Gasteiger partial charge in [0.1, 0.15) is 6.33 Å². The lowest BCUT2D eigenvalue weighted by Crippen LogP contribution is -2.06. The van der Waals surface area contributed by atoms with Crippen molar-refractivity contribution in [1.29, 1.82) is 0 Å². The van der Waals surface area contributed by atoms with Crippen molar-refractivity contribution >= 4 is 51.9 Å². The molecule has 3 aromatic rings. The van der Waals surface area contributed by atoms with Gasteiger partial charge in [-0.25, -0.2) is 9.97 Å². The summed E-state index contributed by atoms with van der Waals surface area (Å²) in [4.78, 5) is 19.1. The predicted octanol–water partition coefficient (Wildman–Crippen LogP) is 5.49. The van der Waals surface area contributed by atoms with Gasteiger partial charge in [0.05, 0.1) is 4.92 Å². The van der Waals surface area contributed by atoms with Crippen LogP contribution in [0.25, 0.3) is 0 Å². The van der Waals surface area contributed by atoms with Gasteiger partial charge in [-0.3, -0.25) is 10.1 Å². The highest BCUT2D eigenvalue weighted by molar-refractivity contribution is 6.31. The van der Waals surface area contributed by atoms with Gasteiger partial charge in [-0.1, -0.05) is 29.3 Å². The number of hydrogen-bond donors (Lipinski definition) is 2. The first-order valence-corrected chi connectivity index (χ1v) is 8.25. The highest BCUT2D eigenvalue weighted by Crippen LogP contribution is 2.34. The second-order valence-electron chi connectivity index (χ2n) is 5.35. The molecule has 0 saturated carbocycles. The number of aromatic nitrogens is 2. The summed E-state index contributed by atoms with van der Waals surface area (Å²) < 4.78 is 0. The fourth-order valence-corrected chi connectivity index (χ4v) is 2.58. The first-order valence-electron chi connectivity index (χ1n) is 7.50. The summed E-state index contributed by atoms with van der Waals surface area (Å²) in [7, 11) is 0. The van der Waals surface area contributed by atoms with E-state index in [0.717, 1.165) is 5.56 Å². The topological polar surface area (TPSA) is 93.0 Å². The van der Waals surface area contributed by atoms with Gasteiger partial charge < -0.3 is 10.6 Å². The van der Waals surface area contributed by atoms with Crippen LogP contribution in [0.2, 0.25) is 10.0 Å². The van der Waals surface area contributed by atoms with Gasteiger partial charge in [0, 0.05) is 21.4 Å². The maximum absolute atomic E-state index is 11.6. The molecular weight excluding hydrogens is 377 g/mol. The average Bonchev–Trinajstić information content (AvgIpc) is 2.61. The molecule has 0 bridgehead atoms. The molecule has 0 unspecified atom stereocenters. The SMILES string of the molecule is Cc1c(Cl)cccc1Nc1ncnc(Nc2ccc(Cl)cc2)c1[N+](=O)[O-]. The molecule has 0 radical (unpaired) electrons. The summed E-state index contributed by atoms with van der Waals surface area (Å²) in [6.45, 7) is 1.81. The van der Waals surface area contributed by atoms with Crippen LogP contribution in [-0.4, -0.2) is 14.9 Å². The molecule has 0 atom stereocenters. The quantitative estimate of drug-likeness (QED) is 0.442. The number of nitrogens with zero attached hydrogens (tertiary/aromatic N) is 3. The molecule has 0 fully saturated rings. The van der Waals surface area contributed by atoms with Gasteiger partial charge >= 0.3 is 5.69 Å². The van der Waals surface area contributed by atoms with Crippen LogP contribution < -0.4 is 10.6 Å². The number of benzene rings is 2. The van der Waals surface area contributed by atoms with Crippen molar-refractivity contribution in [2.75, 3.05) is 10.6 Å². The molecule has 9 heteroatoms. The number of nitro groups is 1. The van der Waals surface area contributed by atoms with E-state index in [-0.39, 0.29) is 17.3 Å². The third kappa shape index (κ3) is 3.84. The molecule has 132 valence electrons. The van der Waals surface area contributed by atoms with Gasteiger partial charge in [0.15, 0.2) is 0 Å². The van der Waals surface area contributed by atoms with Gasteiger partial charge in [-0.2, -0.15) is 0 Å². The molecule has 0 amide bonds. The summed E-state index contributed by atoms with van der Waals surface area (Å²) in [5.74, 6) is 0.126. The van der Waals surface area contributed by atoms with Crippen LogP contribution in [0.1, 0.15) is 5.56 Å². The Bertz CT molecular complexity index is 964. The lowest BCUT2D eigenvalue weighted by Gasteiger charge is -2.12. The maximum Gasteiger partial charge on any atom is 0.353 e. The molecule has 1 aromatic heterocycles. The summed E-state index contributed by atoms with van der Waals surface area (Å²) in [5, 5.41) is 18.6. The third-order valence-corrected chi connectivity index (χ3v) is 4.29. The number of rotatable bonds is 5. The molecule has 7 nitrogen and oxygen atoms in total. The number of anilines is 4. The van der Waals surface area contributed by atoms with Gasteiger partial charge in [0.25, 0.3) is 0 Å². The second-order valence-corrected chi connectivity index (χ2v) is 6.19. The second kappa shape index (κ2) is 7.55. The zero-order valence-electron chi connectivity index (χ0n) is 13.5. The molecule has 0 aliphatic rings. The van der Waals surface area contributed by atoms with E-state index in [1.54, 1.807) is 42.5 Å². The third-order valence-electron chi connectivity index (χ3n) is 3.63. The Hall–Kier alpha value is -2.90. The van der Waals surface area contributed by atoms with Crippen LogP contribution in [0.4, 0.5) is 28.7 Å². The molecule has 0 aliphatic carbocycles. The molecule has 3 rings (SSSR count). The van der Waals surface area contributed by atoms with E-state index in [4.69, 9.17) is 23.2 Å². The molecular formula is C17H13Cl2N5O2. The Morgan fingerprint density at radius 1 is 1.00 bits per heavy atom. The summed E-state index contributed by atoms with van der Waals surface area (Å²) in [6.07, 6.45) is 1.24. The highest BCUT2D eigenvalue weighted by atomic mass is 35.5. The Morgan fingerprint density at radius 3 is 2.31 bits per heavy atom. The monoisotopic (exact) mass is 389 g/mol. The summed E-state index contributed by atoms with van der Waals surface area (Å²) in [5.41, 5.74) is 1.72. The van der Waals surface area contributed by atoms with E-state index in [1.165, 1.54) is 6.33 Å². The molecule has 0 aliphatic heterocycles. The summed E-state index contributed by atoms with van der Waals surface area (Å²) >= 11 is 12.0. The van der Waals surface area contributed by atoms with Crippen LogP contribution in [0, 0.1) is 17.0 Å². The van der Waals surface area contributed by atoms with Crippen LogP contribution in [0.3, 0.4) is 0 Å². The first-order chi connectivity index (χ1) is 12.5. The number of nitrogens with one attached hydrogen (secondary N) is 2. The minimum Gasteiger partial charge on any atom is -0.334 e. The van der Waals surface area contributed by atoms with Gasteiger partial charge in [0.2, 0.25) is 11.6 Å². The fraction of sp³-hybridized carbons (Fsp3) is 0.0588. The first kappa shape index (κ1) is 17.9. The van der Waals surface area contributed by atoms with Crippen molar-refractivity contribution in [2.24, 2.45) is 0 Å². The van der Waals surface area contributed by atoms with E-state index in [2.05, 4.69) is 20.6 Å². The Balaban J connectivity index is 1.99. The van der Waals surface area contributed by atoms with E-state index >= 15 is 0 Å². The van der Waals surface area contributed by atoms with Crippen molar-refractivity contribution < 1.29 is 4.92 Å². The zero-order chi connectivity index (χ0) is 18.7. The molecule has 26 heavy (non-hydrogen) atoms. The maximum atomic E-state index is 11.6. The van der Waals surface area contributed by atoms with Gasteiger partial charge in [-0.15, -0.1) is 0 Å². The zero-order valence-corrected chi connectivity index (χ0v) is 15.0. The number of halogens is 2. The molecule has 2 aromatic carbocycles. The van der Waals surface area contributed by atoms with Crippen LogP contribution >= 0.6 is 23.2 Å². The standard InChI is InChI=1S/C17H13Cl2N5O2/c1-10-13(19)3-2-4-14(10)23-17-15(24(25)26)16(20-9-21-17)22-12-7-5-11(18)6-8-12/h2-9H,1H3,(H2,20,21,22,23). The van der Waals surface area contributed by atoms with Crippen LogP contribution in [-0.2, 0) is 0 Å². The molecule has 2 N–H and O–H groups in total. The molecule has 1 heterocycles. The average molecular weight is 390 g/mol. The van der Waals surface area contributed by atoms with Crippen molar-refractivity contribution in [3.63, 3.8) is 0 Å². The molecule has 0 spiro atoms. The van der Waals surface area contributed by atoms with Crippen molar-refractivity contribution in [1.82, 2.24) is 9.97 Å². The van der Waals surface area contributed by atoms with E-state index < -0.39 is 4.92 Å². The smallest absolute Gasteiger partial charge is 0.334 e.